The van der Waals surface area contributed by atoms with Crippen LogP contribution in [-0.2, 0) is 0 Å². The Hall–Kier alpha value is -2.76. The van der Waals surface area contributed by atoms with Crippen LogP contribution in [0.2, 0.25) is 0 Å². The topological polar surface area (TPSA) is 66.4 Å². The van der Waals surface area contributed by atoms with Crippen LogP contribution in [0.3, 0.4) is 0 Å². The van der Waals surface area contributed by atoms with Crippen molar-refractivity contribution in [3.63, 3.8) is 0 Å². The van der Waals surface area contributed by atoms with Gasteiger partial charge in [-0.15, -0.1) is 0 Å². The monoisotopic (exact) mass is 330 g/mol. The summed E-state index contributed by atoms with van der Waals surface area (Å²) in [5.41, 5.74) is 1.81. The molecule has 2 aromatic carbocycles. The number of aromatic hydroxyl groups is 1. The van der Waals surface area contributed by atoms with Gasteiger partial charge in [-0.05, 0) is 12.1 Å². The van der Waals surface area contributed by atoms with Gasteiger partial charge in [-0.2, -0.15) is 0 Å². The molecular formula is C18H18O6. The highest BCUT2D eigenvalue weighted by molar-refractivity contribution is 5.66. The first kappa shape index (κ1) is 14.8. The van der Waals surface area contributed by atoms with Crippen LogP contribution in [0.1, 0.15) is 23.1 Å². The summed E-state index contributed by atoms with van der Waals surface area (Å²) in [5, 5.41) is 9.66. The molecule has 0 bridgehead atoms. The lowest BCUT2D eigenvalue weighted by Gasteiger charge is -2.28. The zero-order valence-electron chi connectivity index (χ0n) is 13.7. The summed E-state index contributed by atoms with van der Waals surface area (Å²) in [4.78, 5) is 0. The summed E-state index contributed by atoms with van der Waals surface area (Å²) in [6.07, 6.45) is -0.223. The van der Waals surface area contributed by atoms with Crippen LogP contribution < -0.4 is 23.7 Å². The van der Waals surface area contributed by atoms with E-state index in [1.165, 1.54) is 0 Å². The molecular weight excluding hydrogens is 312 g/mol. The third kappa shape index (κ3) is 1.95. The minimum Gasteiger partial charge on any atom is -0.508 e. The van der Waals surface area contributed by atoms with Gasteiger partial charge in [0.2, 0.25) is 5.75 Å². The van der Waals surface area contributed by atoms with Crippen molar-refractivity contribution in [3.05, 3.63) is 35.4 Å². The normalized spacial score (nSPS) is 20.1. The van der Waals surface area contributed by atoms with Gasteiger partial charge in [-0.3, -0.25) is 0 Å². The van der Waals surface area contributed by atoms with Crippen molar-refractivity contribution in [3.8, 4) is 34.5 Å². The molecule has 4 rings (SSSR count). The second-order valence-corrected chi connectivity index (χ2v) is 5.74. The maximum absolute atomic E-state index is 9.66. The van der Waals surface area contributed by atoms with Gasteiger partial charge in [0.25, 0.3) is 0 Å². The van der Waals surface area contributed by atoms with Crippen LogP contribution in [-0.4, -0.2) is 33.0 Å². The first-order valence-electron chi connectivity index (χ1n) is 7.63. The van der Waals surface area contributed by atoms with Crippen LogP contribution in [0.15, 0.2) is 24.3 Å². The molecule has 2 unspecified atom stereocenters. The van der Waals surface area contributed by atoms with E-state index >= 15 is 0 Å². The van der Waals surface area contributed by atoms with E-state index < -0.39 is 0 Å². The van der Waals surface area contributed by atoms with Crippen LogP contribution in [0, 0.1) is 0 Å². The highest BCUT2D eigenvalue weighted by Gasteiger charge is 2.45. The Balaban J connectivity index is 1.88. The number of hydrogen-bond acceptors (Lipinski definition) is 6. The first-order valence-corrected chi connectivity index (χ1v) is 7.63. The maximum atomic E-state index is 9.66. The van der Waals surface area contributed by atoms with E-state index in [1.54, 1.807) is 39.5 Å². The van der Waals surface area contributed by atoms with Gasteiger partial charge >= 0.3 is 0 Å². The molecule has 6 heteroatoms. The van der Waals surface area contributed by atoms with Gasteiger partial charge in [0.15, 0.2) is 11.5 Å². The molecule has 1 N–H and O–H groups in total. The van der Waals surface area contributed by atoms with E-state index in [4.69, 9.17) is 23.7 Å². The maximum Gasteiger partial charge on any atom is 0.203 e. The van der Waals surface area contributed by atoms with Crippen LogP contribution in [0.4, 0.5) is 0 Å². The second kappa shape index (κ2) is 5.40. The fourth-order valence-electron chi connectivity index (χ4n) is 3.46. The van der Waals surface area contributed by atoms with Gasteiger partial charge in [0, 0.05) is 17.7 Å². The minimum atomic E-state index is -0.223. The number of benzene rings is 2. The Kier molecular flexibility index (Phi) is 3.33. The molecule has 0 fully saturated rings. The molecule has 0 amide bonds. The Morgan fingerprint density at radius 3 is 2.54 bits per heavy atom. The molecule has 2 atom stereocenters. The SMILES string of the molecule is COc1cc(OC)c2c(c1OC)OC1c3ccc(O)cc3OCC21. The summed E-state index contributed by atoms with van der Waals surface area (Å²) in [5.74, 6) is 3.18. The Bertz CT molecular complexity index is 801. The fraction of sp³-hybridized carbons (Fsp3) is 0.333. The number of phenolic OH excluding ortho intramolecular Hbond substituents is 1. The molecule has 2 aromatic rings. The molecule has 126 valence electrons. The molecule has 0 aromatic heterocycles. The van der Waals surface area contributed by atoms with E-state index in [2.05, 4.69) is 0 Å². The third-order valence-electron chi connectivity index (χ3n) is 4.55. The van der Waals surface area contributed by atoms with Gasteiger partial charge in [-0.25, -0.2) is 0 Å². The molecule has 2 aliphatic rings. The highest BCUT2D eigenvalue weighted by atomic mass is 16.6. The Labute approximate surface area is 139 Å². The van der Waals surface area contributed by atoms with Crippen molar-refractivity contribution in [2.24, 2.45) is 0 Å². The number of rotatable bonds is 3. The van der Waals surface area contributed by atoms with Gasteiger partial charge in [0.1, 0.15) is 23.4 Å². The Morgan fingerprint density at radius 1 is 1.04 bits per heavy atom. The van der Waals surface area contributed by atoms with Gasteiger partial charge in [0.05, 0.1) is 39.4 Å². The fourth-order valence-corrected chi connectivity index (χ4v) is 3.46. The number of ether oxygens (including phenoxy) is 5. The van der Waals surface area contributed by atoms with Gasteiger partial charge < -0.3 is 28.8 Å². The zero-order valence-corrected chi connectivity index (χ0v) is 13.7. The largest absolute Gasteiger partial charge is 0.508 e. The van der Waals surface area contributed by atoms with Crippen LogP contribution in [0.25, 0.3) is 0 Å². The highest BCUT2D eigenvalue weighted by Crippen LogP contribution is 2.59. The van der Waals surface area contributed by atoms with E-state index in [0.29, 0.717) is 35.4 Å². The number of hydrogen-bond donors (Lipinski definition) is 1. The van der Waals surface area contributed by atoms with Crippen molar-refractivity contribution >= 4 is 0 Å². The molecule has 0 saturated carbocycles. The summed E-state index contributed by atoms with van der Waals surface area (Å²) >= 11 is 0. The number of fused-ring (bicyclic) bond motifs is 5. The lowest BCUT2D eigenvalue weighted by atomic mass is 9.88. The van der Waals surface area contributed by atoms with Gasteiger partial charge in [-0.1, -0.05) is 0 Å². The molecule has 0 aliphatic carbocycles. The lowest BCUT2D eigenvalue weighted by Crippen LogP contribution is -2.23. The molecule has 24 heavy (non-hydrogen) atoms. The molecule has 0 radical (unpaired) electrons. The van der Waals surface area contributed by atoms with Crippen molar-refractivity contribution in [1.82, 2.24) is 0 Å². The molecule has 0 saturated heterocycles. The average Bonchev–Trinajstić information content (AvgIpc) is 2.99. The standard InChI is InChI=1S/C18H18O6/c1-20-13-7-14(21-2)17(22-3)18-15(13)11-8-23-12-6-9(19)4-5-10(12)16(11)24-18/h4-7,11,16,19H,8H2,1-3H3. The number of methoxy groups -OCH3 is 3. The van der Waals surface area contributed by atoms with E-state index in [1.807, 2.05) is 6.07 Å². The number of phenols is 1. The second-order valence-electron chi connectivity index (χ2n) is 5.74. The Morgan fingerprint density at radius 2 is 1.83 bits per heavy atom. The van der Waals surface area contributed by atoms with Crippen molar-refractivity contribution in [1.29, 1.82) is 0 Å². The summed E-state index contributed by atoms with van der Waals surface area (Å²) in [7, 11) is 4.77. The predicted octanol–water partition coefficient (Wildman–Crippen LogP) is 3.03. The van der Waals surface area contributed by atoms with Crippen LogP contribution in [0.5, 0.6) is 34.5 Å². The van der Waals surface area contributed by atoms with Crippen molar-refractivity contribution < 1.29 is 28.8 Å². The average molecular weight is 330 g/mol. The van der Waals surface area contributed by atoms with Crippen LogP contribution >= 0.6 is 0 Å². The van der Waals surface area contributed by atoms with Crippen molar-refractivity contribution in [2.45, 2.75) is 12.0 Å². The smallest absolute Gasteiger partial charge is 0.203 e. The van der Waals surface area contributed by atoms with Crippen molar-refractivity contribution in [2.75, 3.05) is 27.9 Å². The third-order valence-corrected chi connectivity index (χ3v) is 4.55. The summed E-state index contributed by atoms with van der Waals surface area (Å²) in [6, 6.07) is 6.86. The summed E-state index contributed by atoms with van der Waals surface area (Å²) < 4.78 is 28.5. The van der Waals surface area contributed by atoms with E-state index in [-0.39, 0.29) is 17.8 Å². The van der Waals surface area contributed by atoms with E-state index in [0.717, 1.165) is 11.1 Å². The molecule has 2 aliphatic heterocycles. The molecule has 0 spiro atoms. The molecule has 6 nitrogen and oxygen atoms in total. The zero-order chi connectivity index (χ0) is 16.8. The lowest BCUT2D eigenvalue weighted by molar-refractivity contribution is 0.136. The van der Waals surface area contributed by atoms with E-state index in [9.17, 15) is 5.11 Å². The summed E-state index contributed by atoms with van der Waals surface area (Å²) in [6.45, 7) is 0.431. The molecule has 2 heterocycles. The quantitative estimate of drug-likeness (QED) is 0.933. The predicted molar refractivity (Wildman–Crippen MR) is 85.8 cm³/mol. The minimum absolute atomic E-state index is 0.0215. The first-order chi connectivity index (χ1) is 11.7.